The van der Waals surface area contributed by atoms with Crippen molar-refractivity contribution in [3.63, 3.8) is 0 Å². The highest BCUT2D eigenvalue weighted by Crippen LogP contribution is 2.49. The van der Waals surface area contributed by atoms with Crippen LogP contribution >= 0.6 is 15.8 Å². The molecule has 0 aromatic heterocycles. The van der Waals surface area contributed by atoms with Crippen molar-refractivity contribution >= 4 is 27.2 Å². The van der Waals surface area contributed by atoms with Gasteiger partial charge >= 0.3 is 0 Å². The van der Waals surface area contributed by atoms with E-state index in [-0.39, 0.29) is 15.8 Å². The smallest absolute Gasteiger partial charge is 0.0397 e. The molecule has 0 radical (unpaired) electrons. The first-order valence-electron chi connectivity index (χ1n) is 10.8. The molecule has 2 aromatic rings. The monoisotopic (exact) mass is 414 g/mol. The lowest BCUT2D eigenvalue weighted by molar-refractivity contribution is 0.869. The maximum Gasteiger partial charge on any atom is 0.0397 e. The molecule has 1 heterocycles. The molecule has 1 aliphatic heterocycles. The second-order valence-corrected chi connectivity index (χ2v) is 12.5. The van der Waals surface area contributed by atoms with Crippen LogP contribution in [-0.4, -0.2) is 37.5 Å². The van der Waals surface area contributed by atoms with Crippen LogP contribution < -0.4 is 9.80 Å². The summed E-state index contributed by atoms with van der Waals surface area (Å²) in [4.78, 5) is 5.48. The van der Waals surface area contributed by atoms with Crippen molar-refractivity contribution in [2.45, 2.75) is 39.5 Å². The minimum atomic E-state index is -0.0169. The Labute approximate surface area is 174 Å². The van der Waals surface area contributed by atoms with Crippen LogP contribution in [0.15, 0.2) is 60.7 Å². The van der Waals surface area contributed by atoms with Crippen LogP contribution in [0.3, 0.4) is 0 Å². The first-order chi connectivity index (χ1) is 13.8. The van der Waals surface area contributed by atoms with E-state index in [2.05, 4.69) is 84.3 Å². The van der Waals surface area contributed by atoms with Gasteiger partial charge in [-0.15, -0.1) is 0 Å². The molecule has 2 aromatic carbocycles. The molecule has 0 spiro atoms. The summed E-state index contributed by atoms with van der Waals surface area (Å²) in [5.41, 5.74) is 2.87. The van der Waals surface area contributed by atoms with E-state index in [1.807, 2.05) is 0 Å². The van der Waals surface area contributed by atoms with Gasteiger partial charge in [-0.2, -0.15) is 0 Å². The van der Waals surface area contributed by atoms with Crippen LogP contribution in [0.2, 0.25) is 0 Å². The molecular weight excluding hydrogens is 378 g/mol. The number of para-hydroxylation sites is 2. The van der Waals surface area contributed by atoms with Crippen molar-refractivity contribution in [1.82, 2.24) is 0 Å². The van der Waals surface area contributed by atoms with Gasteiger partial charge in [-0.1, -0.05) is 78.9 Å². The number of hydrogen-bond acceptors (Lipinski definition) is 2. The fraction of sp³-hybridized carbons (Fsp3) is 0.500. The zero-order chi connectivity index (χ0) is 19.6. The molecule has 1 fully saturated rings. The Balaban J connectivity index is 1.83. The van der Waals surface area contributed by atoms with Crippen LogP contribution in [0, 0.1) is 0 Å². The van der Waals surface area contributed by atoms with Crippen molar-refractivity contribution in [3.8, 4) is 0 Å². The van der Waals surface area contributed by atoms with Gasteiger partial charge < -0.3 is 9.80 Å². The van der Waals surface area contributed by atoms with Crippen LogP contribution in [0.1, 0.15) is 39.5 Å². The lowest BCUT2D eigenvalue weighted by Gasteiger charge is -2.41. The third-order valence-corrected chi connectivity index (χ3v) is 10.2. The van der Waals surface area contributed by atoms with Gasteiger partial charge in [0.1, 0.15) is 0 Å². The molecule has 4 heteroatoms. The Morgan fingerprint density at radius 2 is 0.964 bits per heavy atom. The molecule has 0 saturated carbocycles. The van der Waals surface area contributed by atoms with Crippen molar-refractivity contribution < 1.29 is 0 Å². The fourth-order valence-electron chi connectivity index (χ4n) is 3.80. The van der Waals surface area contributed by atoms with Gasteiger partial charge in [0.05, 0.1) is 0 Å². The van der Waals surface area contributed by atoms with E-state index < -0.39 is 0 Å². The predicted octanol–water partition coefficient (Wildman–Crippen LogP) is 7.41. The summed E-state index contributed by atoms with van der Waals surface area (Å²) in [5, 5.41) is 0. The molecular formula is C24H36N2P2. The summed E-state index contributed by atoms with van der Waals surface area (Å²) < 4.78 is 0. The van der Waals surface area contributed by atoms with Gasteiger partial charge in [0, 0.05) is 36.5 Å². The number of hydrogen-bond donors (Lipinski definition) is 0. The highest BCUT2D eigenvalue weighted by atomic mass is 31.1. The average molecular weight is 415 g/mol. The first-order valence-corrected chi connectivity index (χ1v) is 14.6. The van der Waals surface area contributed by atoms with Gasteiger partial charge in [0.15, 0.2) is 0 Å². The van der Waals surface area contributed by atoms with E-state index in [9.17, 15) is 0 Å². The summed E-state index contributed by atoms with van der Waals surface area (Å²) in [6.45, 7) is 4.65. The zero-order valence-electron chi connectivity index (χ0n) is 17.6. The summed E-state index contributed by atoms with van der Waals surface area (Å²) in [6, 6.07) is 22.4. The Bertz CT molecular complexity index is 593. The van der Waals surface area contributed by atoms with Crippen LogP contribution in [0.25, 0.3) is 0 Å². The number of rotatable bonds is 8. The highest BCUT2D eigenvalue weighted by Gasteiger charge is 2.25. The summed E-state index contributed by atoms with van der Waals surface area (Å²) in [7, 11) is -0.0337. The van der Waals surface area contributed by atoms with Gasteiger partial charge in [-0.25, -0.2) is 0 Å². The molecule has 28 heavy (non-hydrogen) atoms. The first kappa shape index (κ1) is 21.6. The number of unbranched alkanes of at least 4 members (excludes halogenated alkanes) is 2. The second kappa shape index (κ2) is 11.8. The Kier molecular flexibility index (Phi) is 9.10. The molecule has 0 atom stereocenters. The minimum absolute atomic E-state index is 0.0169. The molecule has 0 amide bonds. The Morgan fingerprint density at radius 1 is 0.607 bits per heavy atom. The molecule has 1 saturated heterocycles. The van der Waals surface area contributed by atoms with Crippen molar-refractivity contribution in [2.24, 2.45) is 0 Å². The molecule has 1 aliphatic rings. The number of anilines is 2. The molecule has 3 rings (SSSR count). The number of benzene rings is 2. The Morgan fingerprint density at radius 3 is 1.29 bits per heavy atom. The fourth-order valence-corrected chi connectivity index (χ4v) is 9.37. The SMILES string of the molecule is CCCCP1CN(c2ccccc2)CP(CCCC)CN(c2ccccc2)C1. The minimum Gasteiger partial charge on any atom is -0.363 e. The summed E-state index contributed by atoms with van der Waals surface area (Å²) in [6.07, 6.45) is 13.2. The highest BCUT2D eigenvalue weighted by molar-refractivity contribution is 7.60. The van der Waals surface area contributed by atoms with Crippen LogP contribution in [0.4, 0.5) is 11.4 Å². The van der Waals surface area contributed by atoms with E-state index >= 15 is 0 Å². The summed E-state index contributed by atoms with van der Waals surface area (Å²) in [5.74, 6) is 0. The Hall–Kier alpha value is -1.10. The molecule has 0 aliphatic carbocycles. The van der Waals surface area contributed by atoms with Gasteiger partial charge in [-0.05, 0) is 49.4 Å². The van der Waals surface area contributed by atoms with Crippen LogP contribution in [0.5, 0.6) is 0 Å². The van der Waals surface area contributed by atoms with E-state index in [0.29, 0.717) is 0 Å². The maximum absolute atomic E-state index is 2.74. The van der Waals surface area contributed by atoms with Gasteiger partial charge in [-0.3, -0.25) is 0 Å². The zero-order valence-corrected chi connectivity index (χ0v) is 19.4. The van der Waals surface area contributed by atoms with E-state index in [4.69, 9.17) is 0 Å². The molecule has 0 N–H and O–H groups in total. The summed E-state index contributed by atoms with van der Waals surface area (Å²) >= 11 is 0. The van der Waals surface area contributed by atoms with Crippen LogP contribution in [-0.2, 0) is 0 Å². The second-order valence-electron chi connectivity index (χ2n) is 7.81. The normalized spacial score (nSPS) is 20.6. The predicted molar refractivity (Wildman–Crippen MR) is 131 cm³/mol. The van der Waals surface area contributed by atoms with Crippen molar-refractivity contribution in [1.29, 1.82) is 0 Å². The lowest BCUT2D eigenvalue weighted by Crippen LogP contribution is -2.35. The maximum atomic E-state index is 2.74. The molecule has 152 valence electrons. The van der Waals surface area contributed by atoms with E-state index in [1.54, 1.807) is 0 Å². The average Bonchev–Trinajstić information content (AvgIpc) is 2.73. The molecule has 0 bridgehead atoms. The van der Waals surface area contributed by atoms with Gasteiger partial charge in [0.25, 0.3) is 0 Å². The topological polar surface area (TPSA) is 6.48 Å². The third kappa shape index (κ3) is 6.47. The number of nitrogens with zero attached hydrogens (tertiary/aromatic N) is 2. The standard InChI is InChI=1S/C24H36N2P2/c1-3-5-17-27-19-25(23-13-9-7-10-14-23)21-28(18-6-4-2)22-26(20-27)24-15-11-8-12-16-24/h7-16H,3-6,17-22H2,1-2H3. The van der Waals surface area contributed by atoms with Gasteiger partial charge in [0.2, 0.25) is 0 Å². The quantitative estimate of drug-likeness (QED) is 0.415. The largest absolute Gasteiger partial charge is 0.363 e. The molecule has 2 nitrogen and oxygen atoms in total. The van der Waals surface area contributed by atoms with Crippen molar-refractivity contribution in [2.75, 3.05) is 47.3 Å². The van der Waals surface area contributed by atoms with Crippen molar-refractivity contribution in [3.05, 3.63) is 60.7 Å². The lowest BCUT2D eigenvalue weighted by atomic mass is 10.3. The van der Waals surface area contributed by atoms with E-state index in [0.717, 1.165) is 0 Å². The molecule has 0 unspecified atom stereocenters. The third-order valence-electron chi connectivity index (χ3n) is 5.38. The van der Waals surface area contributed by atoms with E-state index in [1.165, 1.54) is 74.5 Å².